The minimum Gasteiger partial charge on any atom is -0.381 e. The van der Waals surface area contributed by atoms with Crippen molar-refractivity contribution in [3.63, 3.8) is 0 Å². The van der Waals surface area contributed by atoms with Crippen molar-refractivity contribution in [1.29, 1.82) is 0 Å². The molecular formula is C18H29NO2. The lowest BCUT2D eigenvalue weighted by Gasteiger charge is -2.43. The third-order valence-electron chi connectivity index (χ3n) is 4.52. The molecule has 0 spiro atoms. The Morgan fingerprint density at radius 1 is 1.14 bits per heavy atom. The van der Waals surface area contributed by atoms with Gasteiger partial charge in [-0.15, -0.1) is 0 Å². The Morgan fingerprint density at radius 3 is 2.19 bits per heavy atom. The van der Waals surface area contributed by atoms with Gasteiger partial charge in [0.1, 0.15) is 0 Å². The number of rotatable bonds is 6. The van der Waals surface area contributed by atoms with Crippen LogP contribution < -0.4 is 5.32 Å². The van der Waals surface area contributed by atoms with Gasteiger partial charge in [-0.3, -0.25) is 0 Å². The minimum atomic E-state index is -0.152. The van der Waals surface area contributed by atoms with E-state index in [9.17, 15) is 0 Å². The van der Waals surface area contributed by atoms with Crippen LogP contribution in [-0.4, -0.2) is 32.5 Å². The molecule has 1 aliphatic heterocycles. The molecule has 2 rings (SSSR count). The lowest BCUT2D eigenvalue weighted by atomic mass is 9.81. The fourth-order valence-electron chi connectivity index (χ4n) is 3.33. The Morgan fingerprint density at radius 2 is 1.71 bits per heavy atom. The molecule has 3 heteroatoms. The number of likely N-dealkylation sites (N-methyl/N-ethyl adjacent to an activating group) is 1. The summed E-state index contributed by atoms with van der Waals surface area (Å²) in [7, 11) is 2.03. The molecule has 21 heavy (non-hydrogen) atoms. The van der Waals surface area contributed by atoms with E-state index in [0.717, 1.165) is 32.7 Å². The molecule has 1 unspecified atom stereocenters. The van der Waals surface area contributed by atoms with Crippen LogP contribution in [0.1, 0.15) is 56.7 Å². The molecule has 0 amide bonds. The summed E-state index contributed by atoms with van der Waals surface area (Å²) >= 11 is 0. The third-order valence-corrected chi connectivity index (χ3v) is 4.52. The van der Waals surface area contributed by atoms with E-state index in [1.54, 1.807) is 0 Å². The van der Waals surface area contributed by atoms with E-state index in [4.69, 9.17) is 9.47 Å². The highest BCUT2D eigenvalue weighted by molar-refractivity contribution is 5.29. The number of nitrogens with one attached hydrogen (secondary N) is 1. The topological polar surface area (TPSA) is 30.5 Å². The van der Waals surface area contributed by atoms with Crippen LogP contribution in [0.2, 0.25) is 0 Å². The largest absolute Gasteiger partial charge is 0.381 e. The summed E-state index contributed by atoms with van der Waals surface area (Å²) in [6, 6.07) is 9.18. The van der Waals surface area contributed by atoms with Gasteiger partial charge < -0.3 is 14.8 Å². The van der Waals surface area contributed by atoms with Gasteiger partial charge in [-0.2, -0.15) is 0 Å². The highest BCUT2D eigenvalue weighted by atomic mass is 16.5. The van der Waals surface area contributed by atoms with E-state index in [1.807, 2.05) is 7.05 Å². The van der Waals surface area contributed by atoms with Crippen molar-refractivity contribution in [2.45, 2.75) is 51.2 Å². The third kappa shape index (κ3) is 3.65. The lowest BCUT2D eigenvalue weighted by Crippen LogP contribution is -2.49. The van der Waals surface area contributed by atoms with E-state index in [0.29, 0.717) is 5.92 Å². The van der Waals surface area contributed by atoms with E-state index >= 15 is 0 Å². The average Bonchev–Trinajstić information content (AvgIpc) is 2.49. The summed E-state index contributed by atoms with van der Waals surface area (Å²) < 4.78 is 11.8. The maximum Gasteiger partial charge on any atom is 0.0919 e. The van der Waals surface area contributed by atoms with Crippen LogP contribution in [0.25, 0.3) is 0 Å². The molecule has 118 valence electrons. The zero-order valence-electron chi connectivity index (χ0n) is 13.8. The molecule has 3 nitrogen and oxygen atoms in total. The van der Waals surface area contributed by atoms with Gasteiger partial charge >= 0.3 is 0 Å². The second-order valence-electron chi connectivity index (χ2n) is 6.15. The maximum absolute atomic E-state index is 6.21. The van der Waals surface area contributed by atoms with Crippen molar-refractivity contribution in [2.75, 3.05) is 26.9 Å². The molecule has 0 aromatic heterocycles. The molecule has 1 fully saturated rings. The normalized spacial score (nSPS) is 19.7. The zero-order valence-corrected chi connectivity index (χ0v) is 13.8. The van der Waals surface area contributed by atoms with Gasteiger partial charge in [-0.1, -0.05) is 38.1 Å². The van der Waals surface area contributed by atoms with Crippen LogP contribution in [0.4, 0.5) is 0 Å². The van der Waals surface area contributed by atoms with Crippen LogP contribution in [0, 0.1) is 0 Å². The maximum atomic E-state index is 6.21. The molecule has 1 heterocycles. The van der Waals surface area contributed by atoms with Crippen molar-refractivity contribution in [2.24, 2.45) is 0 Å². The number of ether oxygens (including phenoxy) is 2. The fraction of sp³-hybridized carbons (Fsp3) is 0.667. The molecule has 0 aliphatic carbocycles. The molecular weight excluding hydrogens is 262 g/mol. The van der Waals surface area contributed by atoms with Gasteiger partial charge in [0.25, 0.3) is 0 Å². The fourth-order valence-corrected chi connectivity index (χ4v) is 3.33. The molecule has 1 aliphatic rings. The predicted octanol–water partition coefficient (Wildman–Crippen LogP) is 3.66. The van der Waals surface area contributed by atoms with Crippen LogP contribution in [0.15, 0.2) is 24.3 Å². The van der Waals surface area contributed by atoms with Crippen molar-refractivity contribution >= 4 is 0 Å². The summed E-state index contributed by atoms with van der Waals surface area (Å²) in [5.41, 5.74) is 2.53. The Labute approximate surface area is 129 Å². The minimum absolute atomic E-state index is 0.152. The Kier molecular flexibility index (Phi) is 5.80. The highest BCUT2D eigenvalue weighted by Gasteiger charge is 2.41. The highest BCUT2D eigenvalue weighted by Crippen LogP contribution is 2.38. The van der Waals surface area contributed by atoms with E-state index in [2.05, 4.69) is 50.4 Å². The first-order valence-corrected chi connectivity index (χ1v) is 8.12. The predicted molar refractivity (Wildman–Crippen MR) is 86.7 cm³/mol. The first-order valence-electron chi connectivity index (χ1n) is 8.12. The van der Waals surface area contributed by atoms with E-state index in [-0.39, 0.29) is 11.6 Å². The summed E-state index contributed by atoms with van der Waals surface area (Å²) in [5.74, 6) is 0.566. The van der Waals surface area contributed by atoms with Gasteiger partial charge in [0.2, 0.25) is 0 Å². The van der Waals surface area contributed by atoms with E-state index < -0.39 is 0 Å². The van der Waals surface area contributed by atoms with Gasteiger partial charge in [-0.25, -0.2) is 0 Å². The monoisotopic (exact) mass is 291 g/mol. The van der Waals surface area contributed by atoms with Crippen molar-refractivity contribution in [1.82, 2.24) is 5.32 Å². The smallest absolute Gasteiger partial charge is 0.0919 e. The Bertz CT molecular complexity index is 416. The Balaban J connectivity index is 2.27. The Hall–Kier alpha value is -0.900. The van der Waals surface area contributed by atoms with Crippen LogP contribution in [-0.2, 0) is 9.47 Å². The lowest BCUT2D eigenvalue weighted by molar-refractivity contribution is -0.127. The number of hydrogen-bond donors (Lipinski definition) is 1. The van der Waals surface area contributed by atoms with Crippen molar-refractivity contribution in [3.8, 4) is 0 Å². The van der Waals surface area contributed by atoms with Crippen LogP contribution in [0.5, 0.6) is 0 Å². The number of hydrogen-bond acceptors (Lipinski definition) is 3. The molecule has 0 radical (unpaired) electrons. The zero-order chi connectivity index (χ0) is 15.3. The average molecular weight is 291 g/mol. The molecule has 1 saturated heterocycles. The SMILES string of the molecule is CCOC1(C(NC)c2ccc(C(C)C)cc2)CCOCC1. The second-order valence-corrected chi connectivity index (χ2v) is 6.15. The molecule has 1 N–H and O–H groups in total. The molecule has 0 bridgehead atoms. The molecule has 0 saturated carbocycles. The molecule has 1 aromatic rings. The second kappa shape index (κ2) is 7.39. The standard InChI is InChI=1S/C18H29NO2/c1-5-21-18(10-12-20-13-11-18)17(19-4)16-8-6-15(7-9-16)14(2)3/h6-9,14,17,19H,5,10-13H2,1-4H3. The summed E-state index contributed by atoms with van der Waals surface area (Å²) in [4.78, 5) is 0. The van der Waals surface area contributed by atoms with Gasteiger partial charge in [0.15, 0.2) is 0 Å². The van der Waals surface area contributed by atoms with Crippen LogP contribution >= 0.6 is 0 Å². The summed E-state index contributed by atoms with van der Waals surface area (Å²) in [6.45, 7) is 8.83. The van der Waals surface area contributed by atoms with Crippen LogP contribution in [0.3, 0.4) is 0 Å². The summed E-state index contributed by atoms with van der Waals surface area (Å²) in [5, 5.41) is 3.48. The first kappa shape index (κ1) is 16.5. The molecule has 1 atom stereocenters. The summed E-state index contributed by atoms with van der Waals surface area (Å²) in [6.07, 6.45) is 1.89. The van der Waals surface area contributed by atoms with E-state index in [1.165, 1.54) is 11.1 Å². The van der Waals surface area contributed by atoms with Crippen molar-refractivity contribution in [3.05, 3.63) is 35.4 Å². The van der Waals surface area contributed by atoms with Gasteiger partial charge in [-0.05, 0) is 31.0 Å². The number of benzene rings is 1. The van der Waals surface area contributed by atoms with Gasteiger partial charge in [0, 0.05) is 32.7 Å². The first-order chi connectivity index (χ1) is 10.1. The van der Waals surface area contributed by atoms with Crippen molar-refractivity contribution < 1.29 is 9.47 Å². The van der Waals surface area contributed by atoms with Gasteiger partial charge in [0.05, 0.1) is 11.6 Å². The molecule has 1 aromatic carbocycles. The quantitative estimate of drug-likeness (QED) is 0.867.